The summed E-state index contributed by atoms with van der Waals surface area (Å²) in [5.41, 5.74) is 9.47. The largest absolute Gasteiger partial charge is 0.435 e. The molecule has 0 aliphatic carbocycles. The number of benzene rings is 2. The molecular weight excluding hydrogens is 418 g/mol. The summed E-state index contributed by atoms with van der Waals surface area (Å²) in [5.74, 6) is 1.34. The molecule has 0 unspecified atom stereocenters. The number of halogens is 1. The molecule has 0 aliphatic heterocycles. The molecule has 6 nitrogen and oxygen atoms in total. The molecule has 7 heteroatoms. The van der Waals surface area contributed by atoms with Crippen molar-refractivity contribution >= 4 is 44.0 Å². The maximum atomic E-state index is 6.27. The van der Waals surface area contributed by atoms with Crippen LogP contribution in [-0.4, -0.2) is 15.0 Å². The van der Waals surface area contributed by atoms with E-state index in [-0.39, 0.29) is 5.88 Å². The van der Waals surface area contributed by atoms with Gasteiger partial charge in [-0.25, -0.2) is 4.98 Å². The second kappa shape index (κ2) is 7.82. The number of hydrogen-bond donors (Lipinski definition) is 2. The van der Waals surface area contributed by atoms with E-state index in [1.165, 1.54) is 11.9 Å². The first-order valence-corrected chi connectivity index (χ1v) is 9.62. The van der Waals surface area contributed by atoms with Gasteiger partial charge < -0.3 is 15.8 Å². The van der Waals surface area contributed by atoms with Gasteiger partial charge in [0, 0.05) is 21.7 Å². The van der Waals surface area contributed by atoms with Crippen molar-refractivity contribution in [3.8, 4) is 11.6 Å². The molecule has 0 saturated carbocycles. The van der Waals surface area contributed by atoms with Crippen LogP contribution < -0.4 is 15.8 Å². The number of nitrogens with zero attached hydrogens (tertiary/aromatic N) is 3. The fourth-order valence-corrected chi connectivity index (χ4v) is 3.27. The summed E-state index contributed by atoms with van der Waals surface area (Å²) in [6.07, 6.45) is 4.13. The zero-order chi connectivity index (χ0) is 19.5. The Morgan fingerprint density at radius 1 is 1.04 bits per heavy atom. The molecule has 2 aromatic heterocycles. The van der Waals surface area contributed by atoms with Crippen LogP contribution >= 0.6 is 15.9 Å². The lowest BCUT2D eigenvalue weighted by atomic mass is 10.1. The van der Waals surface area contributed by atoms with Crippen molar-refractivity contribution in [2.75, 3.05) is 11.1 Å². The van der Waals surface area contributed by atoms with Crippen molar-refractivity contribution in [2.45, 2.75) is 13.3 Å². The van der Waals surface area contributed by atoms with Crippen LogP contribution in [0.5, 0.6) is 11.6 Å². The standard InChI is InChI=1S/C21H18BrN5O/c1-2-13-5-7-14(8-6-13)27-20-18(23)21(26-12-25-20)28-17-10-9-16(22)15-4-3-11-24-19(15)17/h3-12H,2,23H2,1H3,(H,25,26,27). The third kappa shape index (κ3) is 3.61. The van der Waals surface area contributed by atoms with Crippen LogP contribution in [0.15, 0.2) is 65.5 Å². The van der Waals surface area contributed by atoms with Gasteiger partial charge in [0.15, 0.2) is 11.6 Å². The zero-order valence-corrected chi connectivity index (χ0v) is 16.8. The predicted octanol–water partition coefficient (Wildman–Crippen LogP) is 5.47. The summed E-state index contributed by atoms with van der Waals surface area (Å²) in [5, 5.41) is 4.16. The van der Waals surface area contributed by atoms with E-state index in [0.29, 0.717) is 17.3 Å². The molecule has 4 rings (SSSR count). The smallest absolute Gasteiger partial charge is 0.248 e. The van der Waals surface area contributed by atoms with Gasteiger partial charge in [-0.2, -0.15) is 4.98 Å². The SMILES string of the molecule is CCc1ccc(Nc2ncnc(Oc3ccc(Br)c4cccnc34)c2N)cc1. The van der Waals surface area contributed by atoms with Gasteiger partial charge >= 0.3 is 0 Å². The molecule has 0 radical (unpaired) electrons. The lowest BCUT2D eigenvalue weighted by Crippen LogP contribution is -2.03. The van der Waals surface area contributed by atoms with E-state index in [1.54, 1.807) is 6.20 Å². The van der Waals surface area contributed by atoms with E-state index in [2.05, 4.69) is 55.3 Å². The number of aromatic nitrogens is 3. The molecule has 2 aromatic carbocycles. The third-order valence-corrected chi connectivity index (χ3v) is 5.05. The van der Waals surface area contributed by atoms with Crippen molar-refractivity contribution in [3.05, 3.63) is 71.1 Å². The number of nitrogen functional groups attached to an aromatic ring is 1. The molecular formula is C21H18BrN5O. The highest BCUT2D eigenvalue weighted by molar-refractivity contribution is 9.10. The Morgan fingerprint density at radius 3 is 2.64 bits per heavy atom. The molecule has 0 fully saturated rings. The molecule has 140 valence electrons. The minimum Gasteiger partial charge on any atom is -0.435 e. The average Bonchev–Trinajstić information content (AvgIpc) is 2.73. The summed E-state index contributed by atoms with van der Waals surface area (Å²) in [6, 6.07) is 15.7. The van der Waals surface area contributed by atoms with E-state index >= 15 is 0 Å². The molecule has 0 bridgehead atoms. The zero-order valence-electron chi connectivity index (χ0n) is 15.2. The summed E-state index contributed by atoms with van der Waals surface area (Å²) in [4.78, 5) is 12.9. The number of anilines is 3. The Hall–Kier alpha value is -3.19. The third-order valence-electron chi connectivity index (χ3n) is 4.36. The average molecular weight is 436 g/mol. The van der Waals surface area contributed by atoms with Gasteiger partial charge in [-0.1, -0.05) is 41.1 Å². The van der Waals surface area contributed by atoms with Gasteiger partial charge in [-0.15, -0.1) is 0 Å². The van der Waals surface area contributed by atoms with E-state index in [9.17, 15) is 0 Å². The summed E-state index contributed by atoms with van der Waals surface area (Å²) in [7, 11) is 0. The molecule has 0 saturated heterocycles. The number of ether oxygens (including phenoxy) is 1. The molecule has 0 aliphatic rings. The van der Waals surface area contributed by atoms with Crippen LogP contribution in [0.1, 0.15) is 12.5 Å². The number of nitrogens with two attached hydrogens (primary N) is 1. The Balaban J connectivity index is 1.65. The van der Waals surface area contributed by atoms with Gasteiger partial charge in [-0.05, 0) is 42.3 Å². The van der Waals surface area contributed by atoms with Crippen LogP contribution in [0.3, 0.4) is 0 Å². The van der Waals surface area contributed by atoms with Crippen LogP contribution in [0, 0.1) is 0 Å². The van der Waals surface area contributed by atoms with E-state index in [0.717, 1.165) is 27.5 Å². The first-order chi connectivity index (χ1) is 13.7. The second-order valence-electron chi connectivity index (χ2n) is 6.16. The summed E-state index contributed by atoms with van der Waals surface area (Å²) < 4.78 is 6.93. The summed E-state index contributed by atoms with van der Waals surface area (Å²) >= 11 is 3.53. The van der Waals surface area contributed by atoms with Gasteiger partial charge in [0.25, 0.3) is 0 Å². The van der Waals surface area contributed by atoms with Crippen molar-refractivity contribution in [3.63, 3.8) is 0 Å². The summed E-state index contributed by atoms with van der Waals surface area (Å²) in [6.45, 7) is 2.12. The second-order valence-corrected chi connectivity index (χ2v) is 7.02. The number of aryl methyl sites for hydroxylation is 1. The van der Waals surface area contributed by atoms with Crippen LogP contribution in [0.25, 0.3) is 10.9 Å². The maximum Gasteiger partial charge on any atom is 0.248 e. The van der Waals surface area contributed by atoms with Gasteiger partial charge in [0.05, 0.1) is 0 Å². The minimum atomic E-state index is 0.275. The Kier molecular flexibility index (Phi) is 5.08. The highest BCUT2D eigenvalue weighted by atomic mass is 79.9. The maximum absolute atomic E-state index is 6.27. The van der Waals surface area contributed by atoms with Gasteiger partial charge in [0.2, 0.25) is 5.88 Å². The van der Waals surface area contributed by atoms with Crippen LogP contribution in [-0.2, 0) is 6.42 Å². The molecule has 0 amide bonds. The molecule has 2 heterocycles. The van der Waals surface area contributed by atoms with Crippen molar-refractivity contribution in [1.29, 1.82) is 0 Å². The van der Waals surface area contributed by atoms with Gasteiger partial charge in [-0.3, -0.25) is 4.98 Å². The van der Waals surface area contributed by atoms with Crippen LogP contribution in [0.4, 0.5) is 17.2 Å². The molecule has 0 spiro atoms. The fraction of sp³-hybridized carbons (Fsp3) is 0.0952. The minimum absolute atomic E-state index is 0.275. The van der Waals surface area contributed by atoms with E-state index < -0.39 is 0 Å². The normalized spacial score (nSPS) is 10.8. The monoisotopic (exact) mass is 435 g/mol. The number of nitrogens with one attached hydrogen (secondary N) is 1. The fourth-order valence-electron chi connectivity index (χ4n) is 2.82. The first-order valence-electron chi connectivity index (χ1n) is 8.83. The number of rotatable bonds is 5. The number of hydrogen-bond acceptors (Lipinski definition) is 6. The Bertz CT molecular complexity index is 1130. The molecule has 3 N–H and O–H groups in total. The van der Waals surface area contributed by atoms with Gasteiger partial charge in [0.1, 0.15) is 17.5 Å². The number of pyridine rings is 1. The molecule has 0 atom stereocenters. The van der Waals surface area contributed by atoms with E-state index in [4.69, 9.17) is 10.5 Å². The lowest BCUT2D eigenvalue weighted by Gasteiger charge is -2.13. The van der Waals surface area contributed by atoms with Crippen molar-refractivity contribution in [1.82, 2.24) is 15.0 Å². The first kappa shape index (κ1) is 18.2. The lowest BCUT2D eigenvalue weighted by molar-refractivity contribution is 0.469. The number of fused-ring (bicyclic) bond motifs is 1. The Labute approximate surface area is 170 Å². The van der Waals surface area contributed by atoms with Crippen LogP contribution in [0.2, 0.25) is 0 Å². The predicted molar refractivity (Wildman–Crippen MR) is 115 cm³/mol. The van der Waals surface area contributed by atoms with Crippen molar-refractivity contribution in [2.24, 2.45) is 0 Å². The van der Waals surface area contributed by atoms with Crippen molar-refractivity contribution < 1.29 is 4.74 Å². The molecule has 4 aromatic rings. The molecule has 28 heavy (non-hydrogen) atoms. The topological polar surface area (TPSA) is 86.0 Å². The van der Waals surface area contributed by atoms with E-state index in [1.807, 2.05) is 36.4 Å². The Morgan fingerprint density at radius 2 is 1.86 bits per heavy atom. The highest BCUT2D eigenvalue weighted by Gasteiger charge is 2.13. The quantitative estimate of drug-likeness (QED) is 0.432. The highest BCUT2D eigenvalue weighted by Crippen LogP contribution is 2.35.